The van der Waals surface area contributed by atoms with E-state index in [1.807, 2.05) is 6.07 Å². The first-order valence-electron chi connectivity index (χ1n) is 7.97. The number of aryl methyl sites for hydroxylation is 1. The summed E-state index contributed by atoms with van der Waals surface area (Å²) in [6.07, 6.45) is 2.21. The molecule has 1 aromatic carbocycles. The molecule has 120 valence electrons. The number of nitrogens with zero attached hydrogens (tertiary/aromatic N) is 1. The molecule has 3 rings (SSSR count). The Labute approximate surface area is 129 Å². The lowest BCUT2D eigenvalue weighted by Crippen LogP contribution is -2.37. The van der Waals surface area contributed by atoms with Gasteiger partial charge in [-0.3, -0.25) is 4.79 Å². The minimum atomic E-state index is -0.252. The highest BCUT2D eigenvalue weighted by molar-refractivity contribution is 5.69. The second-order valence-corrected chi connectivity index (χ2v) is 6.20. The normalized spacial score (nSPS) is 26.5. The van der Waals surface area contributed by atoms with Crippen molar-refractivity contribution in [1.82, 2.24) is 0 Å². The highest BCUT2D eigenvalue weighted by Gasteiger charge is 2.44. The van der Waals surface area contributed by atoms with Crippen LogP contribution in [0.4, 0.5) is 10.1 Å². The van der Waals surface area contributed by atoms with Gasteiger partial charge in [-0.2, -0.15) is 0 Å². The predicted octanol–water partition coefficient (Wildman–Crippen LogP) is 2.28. The first-order chi connectivity index (χ1) is 10.6. The van der Waals surface area contributed by atoms with E-state index in [1.54, 1.807) is 13.0 Å². The Morgan fingerprint density at radius 3 is 2.86 bits per heavy atom. The monoisotopic (exact) mass is 307 g/mol. The Morgan fingerprint density at radius 2 is 2.27 bits per heavy atom. The molecule has 2 fully saturated rings. The Kier molecular flexibility index (Phi) is 4.34. The van der Waals surface area contributed by atoms with Gasteiger partial charge >= 0.3 is 5.97 Å². The van der Waals surface area contributed by atoms with Gasteiger partial charge in [0, 0.05) is 24.9 Å². The first-order valence-corrected chi connectivity index (χ1v) is 7.97. The van der Waals surface area contributed by atoms with Crippen molar-refractivity contribution in [1.29, 1.82) is 0 Å². The van der Waals surface area contributed by atoms with Gasteiger partial charge in [0.15, 0.2) is 0 Å². The fourth-order valence-electron chi connectivity index (χ4n) is 3.64. The van der Waals surface area contributed by atoms with Crippen LogP contribution in [0, 0.1) is 11.7 Å². The lowest BCUT2D eigenvalue weighted by atomic mass is 10.0. The molecule has 1 aliphatic heterocycles. The van der Waals surface area contributed by atoms with E-state index < -0.39 is 0 Å². The van der Waals surface area contributed by atoms with Gasteiger partial charge in [0.1, 0.15) is 5.82 Å². The molecule has 1 saturated carbocycles. The number of rotatable bonds is 5. The topological polar surface area (TPSA) is 49.8 Å². The molecule has 0 radical (unpaired) electrons. The zero-order valence-corrected chi connectivity index (χ0v) is 12.8. The molecule has 1 heterocycles. The van der Waals surface area contributed by atoms with Crippen LogP contribution in [0.1, 0.15) is 31.7 Å². The molecule has 0 amide bonds. The summed E-state index contributed by atoms with van der Waals surface area (Å²) in [4.78, 5) is 13.4. The highest BCUT2D eigenvalue weighted by Crippen LogP contribution is 2.41. The number of ether oxygens (including phenoxy) is 1. The summed E-state index contributed by atoms with van der Waals surface area (Å²) in [5, 5.41) is 9.80. The van der Waals surface area contributed by atoms with E-state index in [1.165, 1.54) is 6.07 Å². The van der Waals surface area contributed by atoms with Gasteiger partial charge in [-0.05, 0) is 43.9 Å². The maximum Gasteiger partial charge on any atom is 0.306 e. The van der Waals surface area contributed by atoms with E-state index in [9.17, 15) is 14.3 Å². The molecule has 4 nitrogen and oxygen atoms in total. The zero-order chi connectivity index (χ0) is 15.7. The standard InChI is InChI=1S/C17H22FNO3/c1-2-22-17(21)6-4-11-3-5-15(14(18)7-11)19-10-12-8-13(19)9-16(12)20/h3,5,7,12-13,16,20H,2,4,6,8-10H2,1H3/t12-,13+,16-/m1/s1. The molecular weight excluding hydrogens is 285 g/mol. The van der Waals surface area contributed by atoms with Crippen LogP contribution in [0.25, 0.3) is 0 Å². The van der Waals surface area contributed by atoms with Crippen LogP contribution in [-0.2, 0) is 16.0 Å². The number of aliphatic hydroxyl groups excluding tert-OH is 1. The lowest BCUT2D eigenvalue weighted by molar-refractivity contribution is -0.143. The van der Waals surface area contributed by atoms with Crippen molar-refractivity contribution in [3.05, 3.63) is 29.6 Å². The largest absolute Gasteiger partial charge is 0.466 e. The van der Waals surface area contributed by atoms with Crippen LogP contribution in [0.5, 0.6) is 0 Å². The molecule has 1 aromatic rings. The van der Waals surface area contributed by atoms with E-state index in [4.69, 9.17) is 4.74 Å². The fraction of sp³-hybridized carbons (Fsp3) is 0.588. The van der Waals surface area contributed by atoms with E-state index in [-0.39, 0.29) is 36.3 Å². The van der Waals surface area contributed by atoms with Crippen molar-refractivity contribution in [2.75, 3.05) is 18.1 Å². The highest BCUT2D eigenvalue weighted by atomic mass is 19.1. The van der Waals surface area contributed by atoms with Gasteiger partial charge in [-0.15, -0.1) is 0 Å². The summed E-state index contributed by atoms with van der Waals surface area (Å²) >= 11 is 0. The second kappa shape index (κ2) is 6.24. The Balaban J connectivity index is 1.64. The van der Waals surface area contributed by atoms with Crippen molar-refractivity contribution in [2.45, 2.75) is 44.8 Å². The second-order valence-electron chi connectivity index (χ2n) is 6.20. The van der Waals surface area contributed by atoms with Crippen LogP contribution < -0.4 is 4.90 Å². The molecule has 5 heteroatoms. The SMILES string of the molecule is CCOC(=O)CCc1ccc(N2C[C@H]3C[C@H]2C[C@H]3O)c(F)c1. The molecule has 2 aliphatic rings. The average Bonchev–Trinajstić information content (AvgIpc) is 3.04. The maximum atomic E-state index is 14.4. The number of piperidine rings is 1. The predicted molar refractivity (Wildman–Crippen MR) is 81.2 cm³/mol. The minimum Gasteiger partial charge on any atom is -0.466 e. The Bertz CT molecular complexity index is 561. The van der Waals surface area contributed by atoms with Gasteiger partial charge in [-0.25, -0.2) is 4.39 Å². The smallest absolute Gasteiger partial charge is 0.306 e. The van der Waals surface area contributed by atoms with E-state index in [2.05, 4.69) is 4.90 Å². The number of fused-ring (bicyclic) bond motifs is 2. The molecule has 3 atom stereocenters. The molecule has 1 saturated heterocycles. The Hall–Kier alpha value is -1.62. The van der Waals surface area contributed by atoms with E-state index in [0.717, 1.165) is 24.9 Å². The number of esters is 1. The number of anilines is 1. The van der Waals surface area contributed by atoms with Crippen LogP contribution in [0.2, 0.25) is 0 Å². The minimum absolute atomic E-state index is 0.229. The Morgan fingerprint density at radius 1 is 1.45 bits per heavy atom. The molecule has 0 spiro atoms. The molecule has 0 aromatic heterocycles. The van der Waals surface area contributed by atoms with Gasteiger partial charge in [0.2, 0.25) is 0 Å². The third kappa shape index (κ3) is 2.95. The number of carbonyl (C=O) groups is 1. The van der Waals surface area contributed by atoms with Gasteiger partial charge in [0.25, 0.3) is 0 Å². The summed E-state index contributed by atoms with van der Waals surface area (Å²) in [6.45, 7) is 2.87. The zero-order valence-electron chi connectivity index (χ0n) is 12.8. The maximum absolute atomic E-state index is 14.4. The summed E-state index contributed by atoms with van der Waals surface area (Å²) < 4.78 is 19.3. The third-order valence-corrected chi connectivity index (χ3v) is 4.75. The molecular formula is C17H22FNO3. The molecule has 22 heavy (non-hydrogen) atoms. The lowest BCUT2D eigenvalue weighted by Gasteiger charge is -2.31. The van der Waals surface area contributed by atoms with E-state index in [0.29, 0.717) is 18.7 Å². The van der Waals surface area contributed by atoms with Crippen molar-refractivity contribution in [2.24, 2.45) is 5.92 Å². The number of hydrogen-bond donors (Lipinski definition) is 1. The van der Waals surface area contributed by atoms with Crippen LogP contribution in [0.3, 0.4) is 0 Å². The quantitative estimate of drug-likeness (QED) is 0.848. The first kappa shape index (κ1) is 15.3. The summed E-state index contributed by atoms with van der Waals surface area (Å²) in [5.41, 5.74) is 1.41. The summed E-state index contributed by atoms with van der Waals surface area (Å²) in [5.74, 6) is -0.228. The van der Waals surface area contributed by atoms with Gasteiger partial charge < -0.3 is 14.7 Å². The molecule has 2 bridgehead atoms. The number of halogens is 1. The molecule has 0 unspecified atom stereocenters. The summed E-state index contributed by atoms with van der Waals surface area (Å²) in [6, 6.07) is 5.43. The summed E-state index contributed by atoms with van der Waals surface area (Å²) in [7, 11) is 0. The van der Waals surface area contributed by atoms with Crippen LogP contribution in [0.15, 0.2) is 18.2 Å². The molecule has 1 aliphatic carbocycles. The van der Waals surface area contributed by atoms with Gasteiger partial charge in [0.05, 0.1) is 18.4 Å². The molecule has 1 N–H and O–H groups in total. The van der Waals surface area contributed by atoms with Crippen LogP contribution >= 0.6 is 0 Å². The van der Waals surface area contributed by atoms with Gasteiger partial charge in [-0.1, -0.05) is 6.07 Å². The number of benzene rings is 1. The van der Waals surface area contributed by atoms with E-state index >= 15 is 0 Å². The van der Waals surface area contributed by atoms with Crippen molar-refractivity contribution in [3.8, 4) is 0 Å². The van der Waals surface area contributed by atoms with Crippen LogP contribution in [-0.4, -0.2) is 36.4 Å². The van der Waals surface area contributed by atoms with Crippen molar-refractivity contribution in [3.63, 3.8) is 0 Å². The van der Waals surface area contributed by atoms with Crippen molar-refractivity contribution < 1.29 is 19.0 Å². The fourth-order valence-corrected chi connectivity index (χ4v) is 3.64. The average molecular weight is 307 g/mol. The number of hydrogen-bond acceptors (Lipinski definition) is 4. The van der Waals surface area contributed by atoms with Crippen molar-refractivity contribution >= 4 is 11.7 Å². The number of carbonyl (C=O) groups excluding carboxylic acids is 1. The number of aliphatic hydroxyl groups is 1. The third-order valence-electron chi connectivity index (χ3n) is 4.75.